The van der Waals surface area contributed by atoms with Crippen molar-refractivity contribution in [3.8, 4) is 11.5 Å². The minimum absolute atomic E-state index is 0.0653. The van der Waals surface area contributed by atoms with Crippen LogP contribution in [0.15, 0.2) is 35.4 Å². The standard InChI is InChI=1S/C21H32O5/c1-16(2)7-6-8-17(3)9-10-19-11-18(13-22)12-20(25-14-23-4)21(19)26-15-24-5/h7,9,11-12,22H,6,8,10,13-15H2,1-5H3/b17-9+. The first kappa shape index (κ1) is 22.2. The summed E-state index contributed by atoms with van der Waals surface area (Å²) < 4.78 is 21.4. The van der Waals surface area contributed by atoms with E-state index in [0.29, 0.717) is 17.9 Å². The lowest BCUT2D eigenvalue weighted by Gasteiger charge is -2.17. The van der Waals surface area contributed by atoms with Crippen LogP contribution in [0.1, 0.15) is 44.7 Å². The van der Waals surface area contributed by atoms with Crippen LogP contribution in [-0.4, -0.2) is 32.9 Å². The summed E-state index contributed by atoms with van der Waals surface area (Å²) in [5, 5.41) is 9.55. The van der Waals surface area contributed by atoms with E-state index in [9.17, 15) is 5.11 Å². The van der Waals surface area contributed by atoms with Crippen LogP contribution in [-0.2, 0) is 22.5 Å². The highest BCUT2D eigenvalue weighted by Crippen LogP contribution is 2.34. The molecule has 0 aliphatic heterocycles. The van der Waals surface area contributed by atoms with E-state index in [1.807, 2.05) is 6.07 Å². The molecule has 0 aromatic heterocycles. The third-order valence-corrected chi connectivity index (χ3v) is 3.79. The highest BCUT2D eigenvalue weighted by atomic mass is 16.7. The van der Waals surface area contributed by atoms with Gasteiger partial charge in [0.15, 0.2) is 25.1 Å². The van der Waals surface area contributed by atoms with Crippen molar-refractivity contribution in [2.45, 2.75) is 46.6 Å². The topological polar surface area (TPSA) is 57.2 Å². The van der Waals surface area contributed by atoms with E-state index in [2.05, 4.69) is 32.9 Å². The van der Waals surface area contributed by atoms with Gasteiger partial charge >= 0.3 is 0 Å². The molecule has 0 aliphatic rings. The fraction of sp³-hybridized carbons (Fsp3) is 0.524. The number of aliphatic hydroxyl groups is 1. The Morgan fingerprint density at radius 2 is 1.69 bits per heavy atom. The molecule has 1 aromatic carbocycles. The van der Waals surface area contributed by atoms with Crippen molar-refractivity contribution in [3.63, 3.8) is 0 Å². The maximum atomic E-state index is 9.55. The smallest absolute Gasteiger partial charge is 0.188 e. The second-order valence-corrected chi connectivity index (χ2v) is 6.42. The Kier molecular flexibility index (Phi) is 10.7. The molecular formula is C21H32O5. The molecule has 0 spiro atoms. The molecule has 1 N–H and O–H groups in total. The van der Waals surface area contributed by atoms with E-state index in [1.54, 1.807) is 20.3 Å². The molecule has 0 amide bonds. The maximum Gasteiger partial charge on any atom is 0.188 e. The second kappa shape index (κ2) is 12.5. The number of ether oxygens (including phenoxy) is 4. The van der Waals surface area contributed by atoms with Crippen molar-refractivity contribution in [3.05, 3.63) is 46.6 Å². The molecule has 0 heterocycles. The number of aliphatic hydroxyl groups excluding tert-OH is 1. The zero-order valence-electron chi connectivity index (χ0n) is 16.6. The number of benzene rings is 1. The van der Waals surface area contributed by atoms with Crippen LogP contribution in [0.4, 0.5) is 0 Å². The molecular weight excluding hydrogens is 332 g/mol. The van der Waals surface area contributed by atoms with E-state index in [-0.39, 0.29) is 20.2 Å². The van der Waals surface area contributed by atoms with Crippen molar-refractivity contribution in [2.75, 3.05) is 27.8 Å². The Morgan fingerprint density at radius 1 is 1.00 bits per heavy atom. The fourth-order valence-electron chi connectivity index (χ4n) is 2.45. The Bertz CT molecular complexity index is 601. The highest BCUT2D eigenvalue weighted by Gasteiger charge is 2.14. The lowest BCUT2D eigenvalue weighted by Crippen LogP contribution is -2.07. The number of hydrogen-bond acceptors (Lipinski definition) is 5. The molecule has 0 aliphatic carbocycles. The van der Waals surface area contributed by atoms with E-state index >= 15 is 0 Å². The zero-order chi connectivity index (χ0) is 19.4. The third-order valence-electron chi connectivity index (χ3n) is 3.79. The summed E-state index contributed by atoms with van der Waals surface area (Å²) in [4.78, 5) is 0. The van der Waals surface area contributed by atoms with Gasteiger partial charge in [0.25, 0.3) is 0 Å². The van der Waals surface area contributed by atoms with E-state index in [0.717, 1.165) is 24.0 Å². The quantitative estimate of drug-likeness (QED) is 0.441. The minimum Gasteiger partial charge on any atom is -0.464 e. The SMILES string of the molecule is COCOc1cc(CO)cc(C/C=C(\C)CCC=C(C)C)c1OCOC. The molecule has 5 nitrogen and oxygen atoms in total. The molecule has 146 valence electrons. The average molecular weight is 364 g/mol. The average Bonchev–Trinajstić information content (AvgIpc) is 2.62. The predicted molar refractivity (Wildman–Crippen MR) is 103 cm³/mol. The first-order valence-corrected chi connectivity index (χ1v) is 8.80. The first-order chi connectivity index (χ1) is 12.5. The fourth-order valence-corrected chi connectivity index (χ4v) is 2.45. The summed E-state index contributed by atoms with van der Waals surface area (Å²) in [6, 6.07) is 3.70. The van der Waals surface area contributed by atoms with Gasteiger partial charge in [-0.3, -0.25) is 0 Å². The lowest BCUT2D eigenvalue weighted by atomic mass is 10.0. The van der Waals surface area contributed by atoms with Crippen LogP contribution in [0, 0.1) is 0 Å². The van der Waals surface area contributed by atoms with Crippen LogP contribution in [0.2, 0.25) is 0 Å². The van der Waals surface area contributed by atoms with E-state index in [1.165, 1.54) is 11.1 Å². The molecule has 0 saturated heterocycles. The zero-order valence-corrected chi connectivity index (χ0v) is 16.6. The Balaban J connectivity index is 3.02. The number of hydrogen-bond donors (Lipinski definition) is 1. The van der Waals surface area contributed by atoms with Crippen molar-refractivity contribution < 1.29 is 24.1 Å². The van der Waals surface area contributed by atoms with Crippen molar-refractivity contribution >= 4 is 0 Å². The first-order valence-electron chi connectivity index (χ1n) is 8.80. The molecule has 26 heavy (non-hydrogen) atoms. The van der Waals surface area contributed by atoms with Gasteiger partial charge in [-0.25, -0.2) is 0 Å². The van der Waals surface area contributed by atoms with Gasteiger partial charge < -0.3 is 24.1 Å². The van der Waals surface area contributed by atoms with Crippen LogP contribution in [0.25, 0.3) is 0 Å². The Labute approximate surface area is 157 Å². The summed E-state index contributed by atoms with van der Waals surface area (Å²) in [6.07, 6.45) is 7.18. The number of rotatable bonds is 12. The monoisotopic (exact) mass is 364 g/mol. The van der Waals surface area contributed by atoms with Gasteiger partial charge in [-0.2, -0.15) is 0 Å². The largest absolute Gasteiger partial charge is 0.464 e. The van der Waals surface area contributed by atoms with E-state index < -0.39 is 0 Å². The van der Waals surface area contributed by atoms with Crippen molar-refractivity contribution in [1.82, 2.24) is 0 Å². The molecule has 5 heteroatoms. The van der Waals surface area contributed by atoms with Gasteiger partial charge in [0.1, 0.15) is 0 Å². The summed E-state index contributed by atoms with van der Waals surface area (Å²) in [5.74, 6) is 1.16. The van der Waals surface area contributed by atoms with Gasteiger partial charge in [0, 0.05) is 19.8 Å². The van der Waals surface area contributed by atoms with Crippen LogP contribution >= 0.6 is 0 Å². The normalized spacial score (nSPS) is 11.4. The summed E-state index contributed by atoms with van der Waals surface area (Å²) in [5.41, 5.74) is 4.37. The molecule has 0 fully saturated rings. The molecule has 1 rings (SSSR count). The van der Waals surface area contributed by atoms with Crippen molar-refractivity contribution in [2.24, 2.45) is 0 Å². The highest BCUT2D eigenvalue weighted by molar-refractivity contribution is 5.50. The lowest BCUT2D eigenvalue weighted by molar-refractivity contribution is 0.0316. The summed E-state index contributed by atoms with van der Waals surface area (Å²) >= 11 is 0. The molecule has 0 atom stereocenters. The Hall–Kier alpha value is -1.82. The molecule has 0 saturated carbocycles. The predicted octanol–water partition coefficient (Wildman–Crippen LogP) is 4.38. The number of allylic oxidation sites excluding steroid dienone is 4. The molecule has 0 radical (unpaired) electrons. The summed E-state index contributed by atoms with van der Waals surface area (Å²) in [6.45, 7) is 6.52. The van der Waals surface area contributed by atoms with Crippen LogP contribution in [0.5, 0.6) is 11.5 Å². The van der Waals surface area contributed by atoms with Gasteiger partial charge in [0.05, 0.1) is 6.61 Å². The maximum absolute atomic E-state index is 9.55. The summed E-state index contributed by atoms with van der Waals surface area (Å²) in [7, 11) is 3.13. The number of methoxy groups -OCH3 is 2. The van der Waals surface area contributed by atoms with Crippen LogP contribution in [0.3, 0.4) is 0 Å². The van der Waals surface area contributed by atoms with Crippen LogP contribution < -0.4 is 9.47 Å². The van der Waals surface area contributed by atoms with Gasteiger partial charge in [-0.15, -0.1) is 0 Å². The van der Waals surface area contributed by atoms with E-state index in [4.69, 9.17) is 18.9 Å². The minimum atomic E-state index is -0.0653. The molecule has 0 bridgehead atoms. The molecule has 0 unspecified atom stereocenters. The third kappa shape index (κ3) is 8.04. The molecule has 1 aromatic rings. The van der Waals surface area contributed by atoms with Gasteiger partial charge in [0.2, 0.25) is 0 Å². The Morgan fingerprint density at radius 3 is 2.31 bits per heavy atom. The van der Waals surface area contributed by atoms with Gasteiger partial charge in [-0.1, -0.05) is 23.3 Å². The van der Waals surface area contributed by atoms with Gasteiger partial charge in [-0.05, 0) is 57.7 Å². The van der Waals surface area contributed by atoms with Crippen molar-refractivity contribution in [1.29, 1.82) is 0 Å². The second-order valence-electron chi connectivity index (χ2n) is 6.42.